The summed E-state index contributed by atoms with van der Waals surface area (Å²) < 4.78 is 0. The molecule has 0 aromatic heterocycles. The number of amides is 2. The lowest BCUT2D eigenvalue weighted by molar-refractivity contribution is -0.141. The number of rotatable bonds is 3. The van der Waals surface area contributed by atoms with Crippen molar-refractivity contribution in [3.63, 3.8) is 0 Å². The maximum Gasteiger partial charge on any atom is 0.257 e. The second-order valence-corrected chi connectivity index (χ2v) is 3.95. The number of aliphatic hydroxyl groups is 1. The first-order valence-corrected chi connectivity index (χ1v) is 5.36. The summed E-state index contributed by atoms with van der Waals surface area (Å²) in [6.07, 6.45) is 1.30. The lowest BCUT2D eigenvalue weighted by atomic mass is 10.1. The summed E-state index contributed by atoms with van der Waals surface area (Å²) in [4.78, 5) is 24.6. The molecule has 0 fully saturated rings. The molecule has 2 rings (SSSR count). The smallest absolute Gasteiger partial charge is 0.257 e. The summed E-state index contributed by atoms with van der Waals surface area (Å²) in [7, 11) is 0. The highest BCUT2D eigenvalue weighted by Gasteiger charge is 2.34. The molecule has 0 saturated carbocycles. The zero-order valence-corrected chi connectivity index (χ0v) is 9.46. The van der Waals surface area contributed by atoms with Gasteiger partial charge in [0.2, 0.25) is 0 Å². The predicted molar refractivity (Wildman–Crippen MR) is 61.9 cm³/mol. The molecule has 0 aliphatic carbocycles. The van der Waals surface area contributed by atoms with Gasteiger partial charge in [0, 0.05) is 11.6 Å². The molecule has 1 atom stereocenters. The number of carbonyl (C=O) groups is 2. The van der Waals surface area contributed by atoms with Crippen molar-refractivity contribution in [2.45, 2.75) is 13.0 Å². The van der Waals surface area contributed by atoms with Gasteiger partial charge in [-0.1, -0.05) is 30.3 Å². The molecular formula is C13H13NO3. The van der Waals surface area contributed by atoms with Gasteiger partial charge in [0.15, 0.2) is 0 Å². The second kappa shape index (κ2) is 4.51. The summed E-state index contributed by atoms with van der Waals surface area (Å²) in [6, 6.07) is 8.43. The number of nitrogens with zero attached hydrogens (tertiary/aromatic N) is 1. The first kappa shape index (κ1) is 11.5. The van der Waals surface area contributed by atoms with Crippen LogP contribution < -0.4 is 0 Å². The highest BCUT2D eigenvalue weighted by Crippen LogP contribution is 2.26. The van der Waals surface area contributed by atoms with Gasteiger partial charge < -0.3 is 5.11 Å². The van der Waals surface area contributed by atoms with Gasteiger partial charge in [0.05, 0.1) is 12.6 Å². The minimum atomic E-state index is -0.607. The Morgan fingerprint density at radius 2 is 1.88 bits per heavy atom. The largest absolute Gasteiger partial charge is 0.394 e. The van der Waals surface area contributed by atoms with Crippen LogP contribution in [0.5, 0.6) is 0 Å². The Morgan fingerprint density at radius 1 is 1.24 bits per heavy atom. The van der Waals surface area contributed by atoms with E-state index in [2.05, 4.69) is 0 Å². The Labute approximate surface area is 99.2 Å². The van der Waals surface area contributed by atoms with E-state index in [-0.39, 0.29) is 18.4 Å². The molecule has 1 heterocycles. The van der Waals surface area contributed by atoms with Gasteiger partial charge in [-0.05, 0) is 12.5 Å². The van der Waals surface area contributed by atoms with Crippen molar-refractivity contribution >= 4 is 11.8 Å². The van der Waals surface area contributed by atoms with Crippen molar-refractivity contribution in [2.75, 3.05) is 6.61 Å². The third-order valence-electron chi connectivity index (χ3n) is 2.80. The lowest BCUT2D eigenvalue weighted by Crippen LogP contribution is -2.36. The fraction of sp³-hybridized carbons (Fsp3) is 0.231. The van der Waals surface area contributed by atoms with Crippen LogP contribution in [0.4, 0.5) is 0 Å². The van der Waals surface area contributed by atoms with E-state index in [9.17, 15) is 14.7 Å². The molecule has 4 nitrogen and oxygen atoms in total. The molecule has 1 aromatic carbocycles. The number of carbonyl (C=O) groups excluding carboxylic acids is 2. The van der Waals surface area contributed by atoms with Crippen LogP contribution in [0, 0.1) is 0 Å². The van der Waals surface area contributed by atoms with Gasteiger partial charge >= 0.3 is 0 Å². The molecule has 0 unspecified atom stereocenters. The number of imide groups is 1. The molecule has 4 heteroatoms. The lowest BCUT2D eigenvalue weighted by Gasteiger charge is -2.25. The van der Waals surface area contributed by atoms with E-state index in [0.717, 1.165) is 10.5 Å². The maximum absolute atomic E-state index is 11.8. The number of benzene rings is 1. The fourth-order valence-electron chi connectivity index (χ4n) is 1.91. The molecule has 0 saturated heterocycles. The van der Waals surface area contributed by atoms with Crippen molar-refractivity contribution in [1.29, 1.82) is 0 Å². The molecule has 2 amide bonds. The Kier molecular flexibility index (Phi) is 3.06. The highest BCUT2D eigenvalue weighted by molar-refractivity contribution is 6.16. The maximum atomic E-state index is 11.8. The molecule has 1 aliphatic rings. The van der Waals surface area contributed by atoms with E-state index in [1.807, 2.05) is 18.2 Å². The predicted octanol–water partition coefficient (Wildman–Crippen LogP) is 1.04. The van der Waals surface area contributed by atoms with Gasteiger partial charge in [-0.15, -0.1) is 0 Å². The summed E-state index contributed by atoms with van der Waals surface area (Å²) in [5, 5.41) is 9.39. The molecular weight excluding hydrogens is 218 g/mol. The van der Waals surface area contributed by atoms with E-state index < -0.39 is 6.04 Å². The summed E-state index contributed by atoms with van der Waals surface area (Å²) in [5.74, 6) is -0.701. The van der Waals surface area contributed by atoms with Crippen LogP contribution >= 0.6 is 0 Å². The van der Waals surface area contributed by atoms with Crippen LogP contribution in [0.3, 0.4) is 0 Å². The number of aliphatic hydroxyl groups excluding tert-OH is 1. The number of hydrogen-bond acceptors (Lipinski definition) is 3. The Hall–Kier alpha value is -1.94. The van der Waals surface area contributed by atoms with Crippen molar-refractivity contribution in [3.8, 4) is 0 Å². The van der Waals surface area contributed by atoms with Gasteiger partial charge in [0.1, 0.15) is 0 Å². The van der Waals surface area contributed by atoms with Crippen LogP contribution in [-0.4, -0.2) is 28.4 Å². The van der Waals surface area contributed by atoms with E-state index in [1.165, 1.54) is 6.08 Å². The highest BCUT2D eigenvalue weighted by atomic mass is 16.3. The van der Waals surface area contributed by atoms with Gasteiger partial charge in [-0.3, -0.25) is 14.5 Å². The average Bonchev–Trinajstić information content (AvgIpc) is 2.58. The van der Waals surface area contributed by atoms with Crippen LogP contribution in [-0.2, 0) is 9.59 Å². The molecule has 0 radical (unpaired) electrons. The Morgan fingerprint density at radius 3 is 2.35 bits per heavy atom. The van der Waals surface area contributed by atoms with Gasteiger partial charge in [0.25, 0.3) is 11.8 Å². The van der Waals surface area contributed by atoms with Crippen molar-refractivity contribution < 1.29 is 14.7 Å². The van der Waals surface area contributed by atoms with E-state index in [4.69, 9.17) is 0 Å². The summed E-state index contributed by atoms with van der Waals surface area (Å²) in [5.41, 5.74) is 1.16. The van der Waals surface area contributed by atoms with Crippen LogP contribution in [0.15, 0.2) is 42.0 Å². The fourth-order valence-corrected chi connectivity index (χ4v) is 1.91. The zero-order valence-electron chi connectivity index (χ0n) is 9.46. The molecule has 1 aromatic rings. The molecule has 17 heavy (non-hydrogen) atoms. The van der Waals surface area contributed by atoms with Gasteiger partial charge in [-0.25, -0.2) is 0 Å². The topological polar surface area (TPSA) is 57.6 Å². The monoisotopic (exact) mass is 231 g/mol. The van der Waals surface area contributed by atoms with Crippen molar-refractivity contribution in [3.05, 3.63) is 47.5 Å². The SMILES string of the molecule is CC1=CC(=O)N([C@H](CO)c2ccccc2)C1=O. The quantitative estimate of drug-likeness (QED) is 0.790. The summed E-state index contributed by atoms with van der Waals surface area (Å²) in [6.45, 7) is 1.32. The summed E-state index contributed by atoms with van der Waals surface area (Å²) >= 11 is 0. The Bertz CT molecular complexity index is 479. The van der Waals surface area contributed by atoms with E-state index in [1.54, 1.807) is 19.1 Å². The Balaban J connectivity index is 2.33. The third-order valence-corrected chi connectivity index (χ3v) is 2.80. The van der Waals surface area contributed by atoms with Crippen molar-refractivity contribution in [2.24, 2.45) is 0 Å². The molecule has 0 spiro atoms. The van der Waals surface area contributed by atoms with Crippen molar-refractivity contribution in [1.82, 2.24) is 4.90 Å². The third kappa shape index (κ3) is 1.99. The minimum absolute atomic E-state index is 0.275. The normalized spacial score (nSPS) is 17.3. The molecule has 0 bridgehead atoms. The number of hydrogen-bond donors (Lipinski definition) is 1. The van der Waals surface area contributed by atoms with Crippen LogP contribution in [0.2, 0.25) is 0 Å². The minimum Gasteiger partial charge on any atom is -0.394 e. The first-order chi connectivity index (χ1) is 8.15. The van der Waals surface area contributed by atoms with E-state index in [0.29, 0.717) is 5.57 Å². The van der Waals surface area contributed by atoms with E-state index >= 15 is 0 Å². The second-order valence-electron chi connectivity index (χ2n) is 3.95. The van der Waals surface area contributed by atoms with Gasteiger partial charge in [-0.2, -0.15) is 0 Å². The molecule has 88 valence electrons. The molecule has 1 aliphatic heterocycles. The first-order valence-electron chi connectivity index (χ1n) is 5.36. The standard InChI is InChI=1S/C13H13NO3/c1-9-7-12(16)14(13(9)17)11(8-15)10-5-3-2-4-6-10/h2-7,11,15H,8H2,1H3/t11-/m1/s1. The van der Waals surface area contributed by atoms with Crippen LogP contribution in [0.1, 0.15) is 18.5 Å². The zero-order chi connectivity index (χ0) is 12.4. The molecule has 1 N–H and O–H groups in total. The average molecular weight is 231 g/mol. The van der Waals surface area contributed by atoms with Crippen LogP contribution in [0.25, 0.3) is 0 Å².